The monoisotopic (exact) mass is 491 g/mol. The number of hydrogen-bond donors (Lipinski definition) is 1. The van der Waals surface area contributed by atoms with E-state index < -0.39 is 7.29 Å². The second-order valence-corrected chi connectivity index (χ2v) is 12.2. The molecule has 0 saturated carbocycles. The molecule has 0 fully saturated rings. The van der Waals surface area contributed by atoms with E-state index in [1.807, 2.05) is 66.7 Å². The third kappa shape index (κ3) is 5.85. The normalized spacial score (nSPS) is 12.4. The first-order valence-electron chi connectivity index (χ1n) is 10.4. The summed E-state index contributed by atoms with van der Waals surface area (Å²) in [6.07, 6.45) is 0.846. The second kappa shape index (κ2) is 10.8. The minimum absolute atomic E-state index is 0.105. The summed E-state index contributed by atoms with van der Waals surface area (Å²) >= 11 is 0.298. The molecule has 31 heavy (non-hydrogen) atoms. The van der Waals surface area contributed by atoms with Gasteiger partial charge in [-0.15, -0.1) is 0 Å². The van der Waals surface area contributed by atoms with Crippen molar-refractivity contribution in [1.29, 1.82) is 0 Å². The van der Waals surface area contributed by atoms with Gasteiger partial charge in [0.15, 0.2) is 0 Å². The first-order chi connectivity index (χ1) is 15.2. The van der Waals surface area contributed by atoms with Crippen LogP contribution in [0.3, 0.4) is 0 Å². The summed E-state index contributed by atoms with van der Waals surface area (Å²) in [5.41, 5.74) is 1.26. The Morgan fingerprint density at radius 1 is 0.645 bits per heavy atom. The molecule has 2 nitrogen and oxygen atoms in total. The van der Waals surface area contributed by atoms with Crippen LogP contribution in [0.5, 0.6) is 0 Å². The van der Waals surface area contributed by atoms with Crippen molar-refractivity contribution in [3.8, 4) is 0 Å². The zero-order chi connectivity index (χ0) is 21.4. The van der Waals surface area contributed by atoms with Crippen molar-refractivity contribution in [2.24, 2.45) is 0 Å². The molecule has 4 aromatic rings. The summed E-state index contributed by atoms with van der Waals surface area (Å²) < 4.78 is 15.9. The van der Waals surface area contributed by atoms with Crippen LogP contribution >= 0.6 is 7.29 Å². The van der Waals surface area contributed by atoms with Gasteiger partial charge in [-0.2, -0.15) is 0 Å². The Balaban J connectivity index is 1.65. The van der Waals surface area contributed by atoms with Crippen molar-refractivity contribution < 1.29 is 4.57 Å². The van der Waals surface area contributed by atoms with Gasteiger partial charge in [-0.25, -0.2) is 0 Å². The fraction of sp³-hybridized carbons (Fsp3) is 0.111. The maximum absolute atomic E-state index is 14.5. The number of rotatable bonds is 9. The summed E-state index contributed by atoms with van der Waals surface area (Å²) in [6.45, 7) is 0. The van der Waals surface area contributed by atoms with Crippen LogP contribution in [0.15, 0.2) is 121 Å². The van der Waals surface area contributed by atoms with Gasteiger partial charge in [0.05, 0.1) is 0 Å². The van der Waals surface area contributed by atoms with Crippen LogP contribution in [-0.2, 0) is 11.0 Å². The fourth-order valence-electron chi connectivity index (χ4n) is 3.59. The standard InChI is InChI=1S/C27H26NOPSe/c29-30(25-15-7-2-8-16-25,26-17-9-3-10-18-26)28-24(21-23-13-5-1-6-14-23)22-31-27-19-11-4-12-20-27/h1-20,24H,21-22H2,(H,28,29)/t24-/m0/s1. The van der Waals surface area contributed by atoms with Gasteiger partial charge in [0, 0.05) is 0 Å². The van der Waals surface area contributed by atoms with E-state index in [4.69, 9.17) is 0 Å². The van der Waals surface area contributed by atoms with Crippen LogP contribution in [0, 0.1) is 0 Å². The zero-order valence-electron chi connectivity index (χ0n) is 17.3. The Kier molecular flexibility index (Phi) is 7.56. The van der Waals surface area contributed by atoms with E-state index in [1.165, 1.54) is 10.0 Å². The zero-order valence-corrected chi connectivity index (χ0v) is 19.9. The van der Waals surface area contributed by atoms with Crippen molar-refractivity contribution in [1.82, 2.24) is 5.09 Å². The average Bonchev–Trinajstić information content (AvgIpc) is 2.85. The van der Waals surface area contributed by atoms with Crippen molar-refractivity contribution in [2.75, 3.05) is 0 Å². The van der Waals surface area contributed by atoms with Crippen LogP contribution in [0.2, 0.25) is 5.32 Å². The molecule has 0 aliphatic heterocycles. The number of benzene rings is 4. The molecular formula is C27H26NOPSe. The van der Waals surface area contributed by atoms with Crippen LogP contribution in [0.25, 0.3) is 0 Å². The summed E-state index contributed by atoms with van der Waals surface area (Å²) in [4.78, 5) is 0. The minimum atomic E-state index is -2.98. The van der Waals surface area contributed by atoms with E-state index >= 15 is 0 Å². The van der Waals surface area contributed by atoms with E-state index in [0.29, 0.717) is 15.0 Å². The van der Waals surface area contributed by atoms with Gasteiger partial charge in [0.25, 0.3) is 0 Å². The Hall–Kier alpha value is -2.41. The van der Waals surface area contributed by atoms with E-state index in [-0.39, 0.29) is 6.04 Å². The van der Waals surface area contributed by atoms with Gasteiger partial charge in [-0.3, -0.25) is 0 Å². The molecule has 0 bridgehead atoms. The third-order valence-electron chi connectivity index (χ3n) is 5.12. The van der Waals surface area contributed by atoms with Crippen LogP contribution in [0.4, 0.5) is 0 Å². The van der Waals surface area contributed by atoms with Gasteiger partial charge in [0.2, 0.25) is 0 Å². The molecule has 156 valence electrons. The molecule has 0 amide bonds. The molecule has 4 heteroatoms. The topological polar surface area (TPSA) is 29.1 Å². The number of hydrogen-bond acceptors (Lipinski definition) is 1. The number of nitrogens with one attached hydrogen (secondary N) is 1. The summed E-state index contributed by atoms with van der Waals surface area (Å²) in [5.74, 6) is 0. The van der Waals surface area contributed by atoms with Crippen molar-refractivity contribution in [3.63, 3.8) is 0 Å². The van der Waals surface area contributed by atoms with E-state index in [2.05, 4.69) is 59.7 Å². The van der Waals surface area contributed by atoms with Gasteiger partial charge >= 0.3 is 192 Å². The molecule has 0 heterocycles. The summed E-state index contributed by atoms with van der Waals surface area (Å²) in [6, 6.07) is 40.9. The quantitative estimate of drug-likeness (QED) is 0.275. The molecule has 4 aromatic carbocycles. The predicted molar refractivity (Wildman–Crippen MR) is 133 cm³/mol. The average molecular weight is 490 g/mol. The molecule has 0 aromatic heterocycles. The third-order valence-corrected chi connectivity index (χ3v) is 10.4. The van der Waals surface area contributed by atoms with Gasteiger partial charge < -0.3 is 0 Å². The first kappa shape index (κ1) is 21.8. The maximum atomic E-state index is 14.5. The molecule has 0 radical (unpaired) electrons. The van der Waals surface area contributed by atoms with Crippen LogP contribution < -0.4 is 20.2 Å². The first-order valence-corrected chi connectivity index (χ1v) is 14.2. The van der Waals surface area contributed by atoms with Crippen LogP contribution in [0.1, 0.15) is 5.56 Å². The molecule has 0 unspecified atom stereocenters. The van der Waals surface area contributed by atoms with E-state index in [1.54, 1.807) is 0 Å². The molecule has 0 aliphatic rings. The molecule has 4 rings (SSSR count). The Morgan fingerprint density at radius 3 is 1.61 bits per heavy atom. The van der Waals surface area contributed by atoms with E-state index in [9.17, 15) is 4.57 Å². The van der Waals surface area contributed by atoms with Crippen molar-refractivity contribution >= 4 is 37.3 Å². The summed E-state index contributed by atoms with van der Waals surface area (Å²) in [5, 5.41) is 6.33. The fourth-order valence-corrected chi connectivity index (χ4v) is 8.32. The molecule has 1 atom stereocenters. The van der Waals surface area contributed by atoms with Crippen molar-refractivity contribution in [3.05, 3.63) is 127 Å². The molecule has 1 N–H and O–H groups in total. The molecule has 0 aliphatic carbocycles. The van der Waals surface area contributed by atoms with Crippen molar-refractivity contribution in [2.45, 2.75) is 17.8 Å². The summed E-state index contributed by atoms with van der Waals surface area (Å²) in [7, 11) is -2.98. The van der Waals surface area contributed by atoms with Gasteiger partial charge in [0.1, 0.15) is 0 Å². The van der Waals surface area contributed by atoms with Gasteiger partial charge in [-0.05, 0) is 0 Å². The molecular weight excluding hydrogens is 464 g/mol. The van der Waals surface area contributed by atoms with Crippen LogP contribution in [-0.4, -0.2) is 21.0 Å². The SMILES string of the molecule is O=P(N[C@H](C[Se]c1ccccc1)Cc1ccccc1)(c1ccccc1)c1ccccc1. The Morgan fingerprint density at radius 2 is 1.10 bits per heavy atom. The molecule has 0 spiro atoms. The predicted octanol–water partition coefficient (Wildman–Crippen LogP) is 4.56. The molecule has 0 saturated heterocycles. The second-order valence-electron chi connectivity index (χ2n) is 7.42. The van der Waals surface area contributed by atoms with E-state index in [0.717, 1.165) is 22.3 Å². The Bertz CT molecular complexity index is 1060. The van der Waals surface area contributed by atoms with Gasteiger partial charge in [-0.1, -0.05) is 0 Å². The Labute approximate surface area is 191 Å².